The Kier molecular flexibility index (Phi) is 4.00. The van der Waals surface area contributed by atoms with Gasteiger partial charge in [-0.1, -0.05) is 12.1 Å². The number of phenolic OH excluding ortho intramolecular Hbond substituents is 2. The van der Waals surface area contributed by atoms with Gasteiger partial charge in [-0.25, -0.2) is 0 Å². The van der Waals surface area contributed by atoms with Crippen LogP contribution in [0.25, 0.3) is 0 Å². The van der Waals surface area contributed by atoms with Crippen LogP contribution in [0.1, 0.15) is 22.3 Å². The van der Waals surface area contributed by atoms with Crippen LogP contribution in [0.15, 0.2) is 48.5 Å². The Bertz CT molecular complexity index is 649. The first-order valence-corrected chi connectivity index (χ1v) is 7.48. The lowest BCUT2D eigenvalue weighted by Gasteiger charge is -2.17. The molecule has 0 saturated carbocycles. The Labute approximate surface area is 129 Å². The van der Waals surface area contributed by atoms with Crippen molar-refractivity contribution in [2.45, 2.75) is 12.8 Å². The Morgan fingerprint density at radius 2 is 1.59 bits per heavy atom. The van der Waals surface area contributed by atoms with E-state index in [1.165, 1.54) is 17.7 Å². The lowest BCUT2D eigenvalue weighted by molar-refractivity contribution is 0.0787. The van der Waals surface area contributed by atoms with E-state index in [1.807, 2.05) is 17.0 Å². The molecule has 1 aliphatic rings. The minimum absolute atomic E-state index is 0.0215. The molecule has 0 radical (unpaired) electrons. The van der Waals surface area contributed by atoms with Gasteiger partial charge in [-0.05, 0) is 60.7 Å². The second-order valence-corrected chi connectivity index (χ2v) is 5.82. The molecule has 2 N–H and O–H groups in total. The fraction of sp³-hybridized carbons (Fsp3) is 0.278. The molecule has 1 atom stereocenters. The van der Waals surface area contributed by atoms with Crippen LogP contribution in [0.3, 0.4) is 0 Å². The average molecular weight is 297 g/mol. The lowest BCUT2D eigenvalue weighted by atomic mass is 9.99. The summed E-state index contributed by atoms with van der Waals surface area (Å²) < 4.78 is 0. The van der Waals surface area contributed by atoms with Gasteiger partial charge in [0.05, 0.1) is 0 Å². The lowest BCUT2D eigenvalue weighted by Crippen LogP contribution is -2.28. The molecule has 4 heteroatoms. The van der Waals surface area contributed by atoms with Gasteiger partial charge in [0, 0.05) is 18.7 Å². The summed E-state index contributed by atoms with van der Waals surface area (Å²) in [6, 6.07) is 13.7. The molecule has 0 bridgehead atoms. The van der Waals surface area contributed by atoms with Crippen LogP contribution < -0.4 is 0 Å². The highest BCUT2D eigenvalue weighted by atomic mass is 16.3. The molecule has 1 fully saturated rings. The SMILES string of the molecule is O=C(c1ccc(O)cc1)N1CCC(Cc2ccc(O)cc2)C1. The average Bonchev–Trinajstić information content (AvgIpc) is 2.98. The standard InChI is InChI=1S/C18H19NO3/c20-16-5-1-13(2-6-16)11-14-9-10-19(12-14)18(22)15-3-7-17(21)8-4-15/h1-8,14,20-21H,9-12H2. The Balaban J connectivity index is 1.61. The molecule has 2 aromatic carbocycles. The summed E-state index contributed by atoms with van der Waals surface area (Å²) >= 11 is 0. The van der Waals surface area contributed by atoms with Crippen molar-refractivity contribution in [1.29, 1.82) is 0 Å². The molecule has 2 aromatic rings. The van der Waals surface area contributed by atoms with Gasteiger partial charge in [0.1, 0.15) is 11.5 Å². The molecule has 22 heavy (non-hydrogen) atoms. The molecule has 1 amide bonds. The van der Waals surface area contributed by atoms with E-state index in [2.05, 4.69) is 0 Å². The first-order valence-electron chi connectivity index (χ1n) is 7.48. The number of rotatable bonds is 3. The second kappa shape index (κ2) is 6.10. The molecular formula is C18H19NO3. The fourth-order valence-electron chi connectivity index (χ4n) is 2.94. The van der Waals surface area contributed by atoms with Crippen LogP contribution in [0.5, 0.6) is 11.5 Å². The predicted octanol–water partition coefficient (Wildman–Crippen LogP) is 2.80. The number of carbonyl (C=O) groups excluding carboxylic acids is 1. The number of aromatic hydroxyl groups is 2. The third kappa shape index (κ3) is 3.22. The maximum atomic E-state index is 12.4. The molecule has 114 valence electrons. The summed E-state index contributed by atoms with van der Waals surface area (Å²) in [6.45, 7) is 1.52. The monoisotopic (exact) mass is 297 g/mol. The smallest absolute Gasteiger partial charge is 0.253 e. The number of nitrogens with zero attached hydrogens (tertiary/aromatic N) is 1. The molecular weight excluding hydrogens is 278 g/mol. The van der Waals surface area contributed by atoms with Crippen LogP contribution >= 0.6 is 0 Å². The number of amides is 1. The van der Waals surface area contributed by atoms with Crippen molar-refractivity contribution in [1.82, 2.24) is 4.90 Å². The third-order valence-electron chi connectivity index (χ3n) is 4.15. The second-order valence-electron chi connectivity index (χ2n) is 5.82. The third-order valence-corrected chi connectivity index (χ3v) is 4.15. The molecule has 3 rings (SSSR count). The summed E-state index contributed by atoms with van der Waals surface area (Å²) in [6.07, 6.45) is 1.91. The zero-order valence-corrected chi connectivity index (χ0v) is 12.3. The van der Waals surface area contributed by atoms with Crippen LogP contribution in [-0.2, 0) is 6.42 Å². The predicted molar refractivity (Wildman–Crippen MR) is 83.9 cm³/mol. The zero-order valence-electron chi connectivity index (χ0n) is 12.3. The summed E-state index contributed by atoms with van der Waals surface area (Å²) in [5, 5.41) is 18.6. The van der Waals surface area contributed by atoms with Gasteiger partial charge in [0.2, 0.25) is 0 Å². The van der Waals surface area contributed by atoms with Gasteiger partial charge in [-0.15, -0.1) is 0 Å². The molecule has 0 spiro atoms. The van der Waals surface area contributed by atoms with Crippen molar-refractivity contribution < 1.29 is 15.0 Å². The Morgan fingerprint density at radius 3 is 2.23 bits per heavy atom. The van der Waals surface area contributed by atoms with Crippen molar-refractivity contribution in [2.75, 3.05) is 13.1 Å². The highest BCUT2D eigenvalue weighted by molar-refractivity contribution is 5.94. The minimum atomic E-state index is 0.0215. The topological polar surface area (TPSA) is 60.8 Å². The number of carbonyl (C=O) groups is 1. The summed E-state index contributed by atoms with van der Waals surface area (Å²) in [7, 11) is 0. The van der Waals surface area contributed by atoms with Crippen LogP contribution in [-0.4, -0.2) is 34.1 Å². The van der Waals surface area contributed by atoms with Gasteiger partial charge in [-0.3, -0.25) is 4.79 Å². The van der Waals surface area contributed by atoms with Crippen LogP contribution in [0.2, 0.25) is 0 Å². The number of benzene rings is 2. The highest BCUT2D eigenvalue weighted by Gasteiger charge is 2.26. The van der Waals surface area contributed by atoms with Crippen molar-refractivity contribution in [2.24, 2.45) is 5.92 Å². The number of hydrogen-bond donors (Lipinski definition) is 2. The quantitative estimate of drug-likeness (QED) is 0.916. The van der Waals surface area contributed by atoms with E-state index < -0.39 is 0 Å². The van der Waals surface area contributed by atoms with Crippen LogP contribution in [0.4, 0.5) is 0 Å². The fourth-order valence-corrected chi connectivity index (χ4v) is 2.94. The van der Waals surface area contributed by atoms with E-state index in [-0.39, 0.29) is 17.4 Å². The molecule has 1 aliphatic heterocycles. The maximum Gasteiger partial charge on any atom is 0.253 e. The van der Waals surface area contributed by atoms with E-state index in [1.54, 1.807) is 24.3 Å². The van der Waals surface area contributed by atoms with Gasteiger partial charge >= 0.3 is 0 Å². The molecule has 1 heterocycles. The first-order chi connectivity index (χ1) is 10.6. The van der Waals surface area contributed by atoms with Crippen LogP contribution in [0, 0.1) is 5.92 Å². The number of likely N-dealkylation sites (tertiary alicyclic amines) is 1. The molecule has 1 unspecified atom stereocenters. The van der Waals surface area contributed by atoms with E-state index in [0.717, 1.165) is 25.9 Å². The van der Waals surface area contributed by atoms with Gasteiger partial charge in [-0.2, -0.15) is 0 Å². The molecule has 0 aromatic heterocycles. The molecule has 0 aliphatic carbocycles. The summed E-state index contributed by atoms with van der Waals surface area (Å²) in [5.41, 5.74) is 1.80. The van der Waals surface area contributed by atoms with E-state index in [9.17, 15) is 15.0 Å². The minimum Gasteiger partial charge on any atom is -0.508 e. The number of hydrogen-bond acceptors (Lipinski definition) is 3. The summed E-state index contributed by atoms with van der Waals surface area (Å²) in [5.74, 6) is 0.918. The maximum absolute atomic E-state index is 12.4. The largest absolute Gasteiger partial charge is 0.508 e. The molecule has 1 saturated heterocycles. The van der Waals surface area contributed by atoms with E-state index in [0.29, 0.717) is 11.5 Å². The number of phenols is 2. The van der Waals surface area contributed by atoms with Crippen molar-refractivity contribution in [3.05, 3.63) is 59.7 Å². The van der Waals surface area contributed by atoms with Gasteiger partial charge < -0.3 is 15.1 Å². The zero-order chi connectivity index (χ0) is 15.5. The van der Waals surface area contributed by atoms with Crippen molar-refractivity contribution >= 4 is 5.91 Å². The Hall–Kier alpha value is -2.49. The molecule has 4 nitrogen and oxygen atoms in total. The summed E-state index contributed by atoms with van der Waals surface area (Å²) in [4.78, 5) is 14.3. The van der Waals surface area contributed by atoms with Crippen molar-refractivity contribution in [3.8, 4) is 11.5 Å². The van der Waals surface area contributed by atoms with Crippen molar-refractivity contribution in [3.63, 3.8) is 0 Å². The first kappa shape index (κ1) is 14.4. The highest BCUT2D eigenvalue weighted by Crippen LogP contribution is 2.23. The Morgan fingerprint density at radius 1 is 1.00 bits per heavy atom. The van der Waals surface area contributed by atoms with E-state index in [4.69, 9.17) is 0 Å². The van der Waals surface area contributed by atoms with E-state index >= 15 is 0 Å². The normalized spacial score (nSPS) is 17.6. The van der Waals surface area contributed by atoms with Gasteiger partial charge in [0.25, 0.3) is 5.91 Å². The van der Waals surface area contributed by atoms with Gasteiger partial charge in [0.15, 0.2) is 0 Å².